The molecule has 0 saturated carbocycles. The van der Waals surface area contributed by atoms with Gasteiger partial charge in [0, 0.05) is 12.6 Å². The minimum atomic E-state index is -0.742. The third-order valence-electron chi connectivity index (χ3n) is 3.82. The van der Waals surface area contributed by atoms with Crippen LogP contribution in [0.1, 0.15) is 31.9 Å². The number of hydrogen-bond acceptors (Lipinski definition) is 2. The summed E-state index contributed by atoms with van der Waals surface area (Å²) >= 11 is 0. The first-order valence-electron chi connectivity index (χ1n) is 7.06. The summed E-state index contributed by atoms with van der Waals surface area (Å²) in [6, 6.07) is 15.0. The first-order chi connectivity index (χ1) is 9.61. The number of nitrogens with zero attached hydrogens (tertiary/aromatic N) is 1. The molecule has 1 unspecified atom stereocenters. The summed E-state index contributed by atoms with van der Waals surface area (Å²) < 4.78 is 0. The van der Waals surface area contributed by atoms with Gasteiger partial charge in [0.2, 0.25) is 0 Å². The van der Waals surface area contributed by atoms with Gasteiger partial charge in [0.25, 0.3) is 0 Å². The van der Waals surface area contributed by atoms with Gasteiger partial charge in [0.05, 0.1) is 6.42 Å². The number of fused-ring (bicyclic) bond motifs is 1. The number of aliphatic carboxylic acids is 1. The minimum Gasteiger partial charge on any atom is -0.481 e. The van der Waals surface area contributed by atoms with Gasteiger partial charge in [-0.15, -0.1) is 0 Å². The number of carboxylic acids is 1. The van der Waals surface area contributed by atoms with Crippen LogP contribution in [0, 0.1) is 0 Å². The van der Waals surface area contributed by atoms with E-state index in [2.05, 4.69) is 49.1 Å². The van der Waals surface area contributed by atoms with E-state index < -0.39 is 5.97 Å². The summed E-state index contributed by atoms with van der Waals surface area (Å²) in [5.74, 6) is -0.742. The van der Waals surface area contributed by atoms with Crippen molar-refractivity contribution < 1.29 is 9.90 Å². The van der Waals surface area contributed by atoms with Crippen molar-refractivity contribution in [3.05, 3.63) is 48.0 Å². The van der Waals surface area contributed by atoms with Crippen LogP contribution in [0.5, 0.6) is 0 Å². The van der Waals surface area contributed by atoms with Crippen LogP contribution in [0.25, 0.3) is 10.8 Å². The second-order valence-electron chi connectivity index (χ2n) is 5.05. The molecule has 0 spiro atoms. The first-order valence-corrected chi connectivity index (χ1v) is 7.06. The molecule has 1 N–H and O–H groups in total. The predicted molar refractivity (Wildman–Crippen MR) is 81.9 cm³/mol. The molecule has 2 rings (SSSR count). The average molecular weight is 271 g/mol. The molecule has 1 atom stereocenters. The Morgan fingerprint density at radius 1 is 1.20 bits per heavy atom. The Labute approximate surface area is 119 Å². The molecule has 0 saturated heterocycles. The maximum absolute atomic E-state index is 10.7. The van der Waals surface area contributed by atoms with E-state index in [4.69, 9.17) is 5.11 Å². The maximum atomic E-state index is 10.7. The molecule has 0 aliphatic heterocycles. The highest BCUT2D eigenvalue weighted by atomic mass is 16.4. The molecule has 0 aliphatic rings. The lowest BCUT2D eigenvalue weighted by molar-refractivity contribution is -0.137. The third-order valence-corrected chi connectivity index (χ3v) is 3.82. The molecular formula is C17H21NO2. The van der Waals surface area contributed by atoms with Crippen LogP contribution in [0.3, 0.4) is 0 Å². The minimum absolute atomic E-state index is 0.186. The van der Waals surface area contributed by atoms with E-state index >= 15 is 0 Å². The summed E-state index contributed by atoms with van der Waals surface area (Å²) in [4.78, 5) is 12.9. The Morgan fingerprint density at radius 2 is 1.90 bits per heavy atom. The lowest BCUT2D eigenvalue weighted by Gasteiger charge is -2.27. The second kappa shape index (κ2) is 6.53. The van der Waals surface area contributed by atoms with Gasteiger partial charge in [-0.05, 0) is 35.9 Å². The van der Waals surface area contributed by atoms with Gasteiger partial charge in [-0.3, -0.25) is 9.69 Å². The van der Waals surface area contributed by atoms with Crippen molar-refractivity contribution in [3.8, 4) is 0 Å². The zero-order valence-electron chi connectivity index (χ0n) is 12.0. The normalized spacial score (nSPS) is 12.8. The Bertz CT molecular complexity index is 594. The average Bonchev–Trinajstić information content (AvgIpc) is 2.47. The molecule has 2 aromatic rings. The maximum Gasteiger partial charge on any atom is 0.304 e. The van der Waals surface area contributed by atoms with Gasteiger partial charge in [-0.1, -0.05) is 43.3 Å². The fourth-order valence-corrected chi connectivity index (χ4v) is 2.54. The first kappa shape index (κ1) is 14.5. The number of rotatable bonds is 6. The number of carbonyl (C=O) groups is 1. The SMILES string of the molecule is CCN(CCC(=O)O)C(C)c1ccc2ccccc2c1. The van der Waals surface area contributed by atoms with E-state index in [1.54, 1.807) is 0 Å². The van der Waals surface area contributed by atoms with Gasteiger partial charge >= 0.3 is 5.97 Å². The van der Waals surface area contributed by atoms with Crippen LogP contribution >= 0.6 is 0 Å². The zero-order valence-corrected chi connectivity index (χ0v) is 12.0. The van der Waals surface area contributed by atoms with Crippen LogP contribution in [-0.4, -0.2) is 29.1 Å². The van der Waals surface area contributed by atoms with Gasteiger partial charge in [0.15, 0.2) is 0 Å². The predicted octanol–water partition coefficient (Wildman–Crippen LogP) is 3.70. The summed E-state index contributed by atoms with van der Waals surface area (Å²) in [5.41, 5.74) is 1.23. The van der Waals surface area contributed by atoms with E-state index in [1.807, 2.05) is 12.1 Å². The van der Waals surface area contributed by atoms with Crippen molar-refractivity contribution in [2.24, 2.45) is 0 Å². The smallest absolute Gasteiger partial charge is 0.304 e. The Hall–Kier alpha value is -1.87. The van der Waals surface area contributed by atoms with Gasteiger partial charge < -0.3 is 5.11 Å². The van der Waals surface area contributed by atoms with Crippen molar-refractivity contribution in [2.45, 2.75) is 26.3 Å². The van der Waals surface area contributed by atoms with E-state index in [1.165, 1.54) is 16.3 Å². The topological polar surface area (TPSA) is 40.5 Å². The van der Waals surface area contributed by atoms with Gasteiger partial charge in [0.1, 0.15) is 0 Å². The molecule has 0 amide bonds. The molecule has 106 valence electrons. The summed E-state index contributed by atoms with van der Waals surface area (Å²) in [6.45, 7) is 5.63. The van der Waals surface area contributed by atoms with E-state index in [9.17, 15) is 4.79 Å². The fourth-order valence-electron chi connectivity index (χ4n) is 2.54. The largest absolute Gasteiger partial charge is 0.481 e. The standard InChI is InChI=1S/C17H21NO2/c1-3-18(11-10-17(19)20)13(2)15-9-8-14-6-4-5-7-16(14)12-15/h4-9,12-13H,3,10-11H2,1-2H3,(H,19,20). The number of benzene rings is 2. The fraction of sp³-hybridized carbons (Fsp3) is 0.353. The second-order valence-corrected chi connectivity index (χ2v) is 5.05. The van der Waals surface area contributed by atoms with Crippen LogP contribution in [-0.2, 0) is 4.79 Å². The molecule has 0 aliphatic carbocycles. The lowest BCUT2D eigenvalue weighted by Crippen LogP contribution is -2.29. The molecule has 3 nitrogen and oxygen atoms in total. The van der Waals surface area contributed by atoms with E-state index in [0.29, 0.717) is 6.54 Å². The number of hydrogen-bond donors (Lipinski definition) is 1. The Kier molecular flexibility index (Phi) is 4.74. The lowest BCUT2D eigenvalue weighted by atomic mass is 10.0. The third kappa shape index (κ3) is 3.36. The molecular weight excluding hydrogens is 250 g/mol. The summed E-state index contributed by atoms with van der Waals surface area (Å²) in [5, 5.41) is 11.3. The molecule has 0 aromatic heterocycles. The monoisotopic (exact) mass is 271 g/mol. The van der Waals surface area contributed by atoms with Crippen molar-refractivity contribution in [1.29, 1.82) is 0 Å². The number of carboxylic acid groups (broad SMARTS) is 1. The Morgan fingerprint density at radius 3 is 2.55 bits per heavy atom. The van der Waals surface area contributed by atoms with Crippen LogP contribution < -0.4 is 0 Å². The zero-order chi connectivity index (χ0) is 14.5. The molecule has 2 aromatic carbocycles. The van der Waals surface area contributed by atoms with Crippen molar-refractivity contribution >= 4 is 16.7 Å². The van der Waals surface area contributed by atoms with Crippen LogP contribution in [0.2, 0.25) is 0 Å². The highest BCUT2D eigenvalue weighted by molar-refractivity contribution is 5.83. The van der Waals surface area contributed by atoms with Crippen molar-refractivity contribution in [2.75, 3.05) is 13.1 Å². The molecule has 0 fully saturated rings. The van der Waals surface area contributed by atoms with Gasteiger partial charge in [-0.2, -0.15) is 0 Å². The summed E-state index contributed by atoms with van der Waals surface area (Å²) in [6.07, 6.45) is 0.186. The molecule has 0 heterocycles. The molecule has 20 heavy (non-hydrogen) atoms. The molecule has 0 bridgehead atoms. The van der Waals surface area contributed by atoms with E-state index in [-0.39, 0.29) is 12.5 Å². The van der Waals surface area contributed by atoms with Crippen LogP contribution in [0.4, 0.5) is 0 Å². The van der Waals surface area contributed by atoms with E-state index in [0.717, 1.165) is 6.54 Å². The highest BCUT2D eigenvalue weighted by Crippen LogP contribution is 2.24. The highest BCUT2D eigenvalue weighted by Gasteiger charge is 2.15. The molecule has 0 radical (unpaired) electrons. The van der Waals surface area contributed by atoms with Gasteiger partial charge in [-0.25, -0.2) is 0 Å². The van der Waals surface area contributed by atoms with Crippen molar-refractivity contribution in [1.82, 2.24) is 4.90 Å². The summed E-state index contributed by atoms with van der Waals surface area (Å²) in [7, 11) is 0. The van der Waals surface area contributed by atoms with Crippen LogP contribution in [0.15, 0.2) is 42.5 Å². The quantitative estimate of drug-likeness (QED) is 0.871. The van der Waals surface area contributed by atoms with Crippen molar-refractivity contribution in [3.63, 3.8) is 0 Å². The molecule has 3 heteroatoms. The Balaban J connectivity index is 2.20.